The van der Waals surface area contributed by atoms with E-state index < -0.39 is 98.1 Å². The summed E-state index contributed by atoms with van der Waals surface area (Å²) in [7, 11) is 0. The minimum absolute atomic E-state index is 0.00107. The smallest absolute Gasteiger partial charge is 0.258 e. The van der Waals surface area contributed by atoms with E-state index in [1.54, 1.807) is 36.4 Å². The normalized spacial score (nSPS) is 31.3. The molecule has 0 bridgehead atoms. The van der Waals surface area contributed by atoms with E-state index in [4.69, 9.17) is 23.2 Å². The third-order valence-corrected chi connectivity index (χ3v) is 12.8. The number of fused-ring (bicyclic) bond motifs is 5. The number of carbonyl (C=O) groups is 4. The number of rotatable bonds is 3. The number of anilines is 1. The van der Waals surface area contributed by atoms with Crippen molar-refractivity contribution >= 4 is 63.3 Å². The summed E-state index contributed by atoms with van der Waals surface area (Å²) in [6, 6.07) is 9.22. The van der Waals surface area contributed by atoms with Gasteiger partial charge in [-0.05, 0) is 48.4 Å². The molecule has 5 aliphatic rings. The van der Waals surface area contributed by atoms with E-state index in [0.717, 1.165) is 19.3 Å². The van der Waals surface area contributed by atoms with Crippen LogP contribution in [0.25, 0.3) is 10.8 Å². The van der Waals surface area contributed by atoms with E-state index in [-0.39, 0.29) is 34.4 Å². The molecule has 2 saturated carbocycles. The molecule has 2 aliphatic heterocycles. The van der Waals surface area contributed by atoms with Crippen LogP contribution < -0.4 is 4.90 Å². The van der Waals surface area contributed by atoms with Crippen molar-refractivity contribution in [2.45, 2.75) is 66.7 Å². The van der Waals surface area contributed by atoms with Crippen LogP contribution in [0, 0.1) is 46.8 Å². The lowest BCUT2D eigenvalue weighted by Gasteiger charge is -2.51. The van der Waals surface area contributed by atoms with E-state index in [2.05, 4.69) is 0 Å². The number of hydrogen-bond donors (Lipinski definition) is 1. The molecule has 0 unspecified atom stereocenters. The van der Waals surface area contributed by atoms with Gasteiger partial charge in [0.25, 0.3) is 11.8 Å². The van der Waals surface area contributed by atoms with Crippen molar-refractivity contribution in [3.8, 4) is 5.75 Å². The molecule has 8 rings (SSSR count). The number of benzene rings is 3. The van der Waals surface area contributed by atoms with Crippen LogP contribution >= 0.6 is 23.2 Å². The van der Waals surface area contributed by atoms with Gasteiger partial charge < -0.3 is 5.11 Å². The zero-order valence-electron chi connectivity index (χ0n) is 26.0. The van der Waals surface area contributed by atoms with Gasteiger partial charge in [-0.15, -0.1) is 23.2 Å². The molecule has 3 aliphatic carbocycles. The van der Waals surface area contributed by atoms with Crippen LogP contribution in [0.3, 0.4) is 0 Å². The predicted octanol–water partition coefficient (Wildman–Crippen LogP) is 7.14. The molecule has 7 nitrogen and oxygen atoms in total. The molecule has 260 valence electrons. The molecule has 4 amide bonds. The van der Waals surface area contributed by atoms with Crippen LogP contribution in [0.15, 0.2) is 48.0 Å². The number of imide groups is 2. The summed E-state index contributed by atoms with van der Waals surface area (Å²) in [6.45, 7) is 0. The van der Waals surface area contributed by atoms with Crippen molar-refractivity contribution in [2.75, 3.05) is 4.90 Å². The van der Waals surface area contributed by atoms with Gasteiger partial charge in [0, 0.05) is 17.5 Å². The number of alkyl halides is 2. The molecule has 3 aromatic rings. The Bertz CT molecular complexity index is 2080. The van der Waals surface area contributed by atoms with Gasteiger partial charge in [-0.1, -0.05) is 61.2 Å². The van der Waals surface area contributed by atoms with Gasteiger partial charge in [0.15, 0.2) is 33.0 Å². The first-order valence-corrected chi connectivity index (χ1v) is 17.1. The molecule has 0 radical (unpaired) electrons. The van der Waals surface area contributed by atoms with Crippen LogP contribution in [0.2, 0.25) is 0 Å². The summed E-state index contributed by atoms with van der Waals surface area (Å²) in [5.74, 6) is -21.2. The number of nitrogens with zero attached hydrogens (tertiary/aromatic N) is 2. The van der Waals surface area contributed by atoms with Gasteiger partial charge in [-0.2, -0.15) is 0 Å². The highest BCUT2D eigenvalue weighted by atomic mass is 35.5. The van der Waals surface area contributed by atoms with E-state index >= 15 is 8.78 Å². The molecule has 50 heavy (non-hydrogen) atoms. The first-order valence-electron chi connectivity index (χ1n) is 16.3. The van der Waals surface area contributed by atoms with Crippen molar-refractivity contribution in [3.63, 3.8) is 0 Å². The third-order valence-electron chi connectivity index (χ3n) is 11.4. The molecule has 2 saturated heterocycles. The number of amides is 4. The van der Waals surface area contributed by atoms with E-state index in [0.29, 0.717) is 23.6 Å². The second-order valence-electron chi connectivity index (χ2n) is 13.8. The molecular formula is C36H27Cl2F5N2O5. The summed E-state index contributed by atoms with van der Waals surface area (Å²) < 4.78 is 73.7. The number of phenols is 1. The largest absolute Gasteiger partial charge is 0.508 e. The Morgan fingerprint density at radius 1 is 0.760 bits per heavy atom. The molecular weight excluding hydrogens is 706 g/mol. The SMILES string of the molecule is O=C1[C@H]2[C@H](CC=C3[C@H]2C[C@@]2(Cl)C(=O)N(c4c(F)c(F)c(F)c(F)c4F)C(=O)[C@@]2(Cl)[C@H]3c2c(O)ccc3ccccc23)C(=O)N1C1CCCCC1. The highest BCUT2D eigenvalue weighted by Crippen LogP contribution is 2.67. The lowest BCUT2D eigenvalue weighted by atomic mass is 9.56. The Hall–Kier alpha value is -4.03. The minimum atomic E-state index is -2.72. The number of carbonyl (C=O) groups excluding carboxylic acids is 4. The fraction of sp³-hybridized carbons (Fsp3) is 0.389. The number of hydrogen-bond acceptors (Lipinski definition) is 5. The van der Waals surface area contributed by atoms with Crippen molar-refractivity contribution in [1.82, 2.24) is 4.90 Å². The monoisotopic (exact) mass is 732 g/mol. The second kappa shape index (κ2) is 11.2. The van der Waals surface area contributed by atoms with Crippen molar-refractivity contribution in [1.29, 1.82) is 0 Å². The number of allylic oxidation sites excluding steroid dienone is 2. The van der Waals surface area contributed by atoms with Gasteiger partial charge in [0.1, 0.15) is 11.4 Å². The second-order valence-corrected chi connectivity index (χ2v) is 15.0. The Balaban J connectivity index is 1.36. The zero-order valence-corrected chi connectivity index (χ0v) is 27.5. The lowest BCUT2D eigenvalue weighted by Crippen LogP contribution is -2.60. The highest BCUT2D eigenvalue weighted by molar-refractivity contribution is 6.58. The van der Waals surface area contributed by atoms with E-state index in [1.807, 2.05) is 0 Å². The zero-order chi connectivity index (χ0) is 35.6. The van der Waals surface area contributed by atoms with Gasteiger partial charge in [0.05, 0.1) is 11.8 Å². The van der Waals surface area contributed by atoms with E-state index in [9.17, 15) is 37.5 Å². The molecule has 0 spiro atoms. The summed E-state index contributed by atoms with van der Waals surface area (Å²) in [6.07, 6.45) is 4.95. The number of phenolic OH excluding ortho intramolecular Hbond substituents is 1. The van der Waals surface area contributed by atoms with Crippen LogP contribution in [0.1, 0.15) is 56.4 Å². The average molecular weight is 734 g/mol. The highest BCUT2D eigenvalue weighted by Gasteiger charge is 2.77. The van der Waals surface area contributed by atoms with Crippen LogP contribution in [-0.4, -0.2) is 49.4 Å². The Labute approximate surface area is 291 Å². The summed E-state index contributed by atoms with van der Waals surface area (Å²) >= 11 is 14.5. The first-order chi connectivity index (χ1) is 23.8. The van der Waals surface area contributed by atoms with Gasteiger partial charge >= 0.3 is 0 Å². The van der Waals surface area contributed by atoms with Crippen LogP contribution in [0.5, 0.6) is 5.75 Å². The summed E-state index contributed by atoms with van der Waals surface area (Å²) in [5, 5.41) is 12.4. The van der Waals surface area contributed by atoms with E-state index in [1.165, 1.54) is 11.0 Å². The summed E-state index contributed by atoms with van der Waals surface area (Å²) in [5.41, 5.74) is -1.56. The van der Waals surface area contributed by atoms with Gasteiger partial charge in [-0.3, -0.25) is 24.1 Å². The predicted molar refractivity (Wildman–Crippen MR) is 171 cm³/mol. The molecule has 14 heteroatoms. The molecule has 1 N–H and O–H groups in total. The fourth-order valence-electron chi connectivity index (χ4n) is 9.19. The third kappa shape index (κ3) is 4.09. The lowest BCUT2D eigenvalue weighted by molar-refractivity contribution is -0.143. The Kier molecular flexibility index (Phi) is 7.44. The molecule has 2 heterocycles. The molecule has 6 atom stereocenters. The number of likely N-dealkylation sites (tertiary alicyclic amines) is 1. The maximum absolute atomic E-state index is 15.3. The standard InChI is InChI=1S/C36H27Cl2F5N2O5/c37-35-14-20-18(11-12-19-22(20)32(48)44(31(19)47)16-7-2-1-3-8-16)24(23-17-9-5-4-6-15(17)10-13-21(23)46)36(35,38)34(50)45(33(35)49)30-28(42)26(40)25(39)27(41)29(30)43/h4-6,9-11,13,16,19-20,22,24,46H,1-3,7-8,12,14H2/t19-,20+,22-,24+,35+,36-/m0/s1. The number of halogens is 7. The number of aromatic hydroxyl groups is 1. The maximum Gasteiger partial charge on any atom is 0.258 e. The topological polar surface area (TPSA) is 95.0 Å². The van der Waals surface area contributed by atoms with Crippen LogP contribution in [-0.2, 0) is 19.2 Å². The van der Waals surface area contributed by atoms with Gasteiger partial charge in [-0.25, -0.2) is 26.9 Å². The maximum atomic E-state index is 15.3. The molecule has 0 aromatic heterocycles. The van der Waals surface area contributed by atoms with Gasteiger partial charge in [0.2, 0.25) is 17.6 Å². The van der Waals surface area contributed by atoms with Crippen LogP contribution in [0.4, 0.5) is 27.6 Å². The van der Waals surface area contributed by atoms with Crippen molar-refractivity contribution in [2.24, 2.45) is 17.8 Å². The quantitative estimate of drug-likeness (QED) is 0.0772. The fourth-order valence-corrected chi connectivity index (χ4v) is 10.1. The minimum Gasteiger partial charge on any atom is -0.508 e. The van der Waals surface area contributed by atoms with Crippen molar-refractivity contribution < 1.29 is 46.2 Å². The summed E-state index contributed by atoms with van der Waals surface area (Å²) in [4.78, 5) is 52.8. The van der Waals surface area contributed by atoms with Crippen molar-refractivity contribution in [3.05, 3.63) is 82.7 Å². The first kappa shape index (κ1) is 33.1. The molecule has 4 fully saturated rings. The average Bonchev–Trinajstić information content (AvgIpc) is 3.45. The Morgan fingerprint density at radius 2 is 1.40 bits per heavy atom. The Morgan fingerprint density at radius 3 is 2.08 bits per heavy atom. The molecule has 3 aromatic carbocycles.